The van der Waals surface area contributed by atoms with Gasteiger partial charge in [0.25, 0.3) is 0 Å². The summed E-state index contributed by atoms with van der Waals surface area (Å²) in [6, 6.07) is 0. The molecule has 88 valence electrons. The maximum Gasteiger partial charge on any atom is 0.240 e. The summed E-state index contributed by atoms with van der Waals surface area (Å²) in [4.78, 5) is 11.2. The minimum atomic E-state index is -0.924. The molecule has 1 saturated carbocycles. The van der Waals surface area contributed by atoms with Gasteiger partial charge in [-0.15, -0.1) is 0 Å². The summed E-state index contributed by atoms with van der Waals surface area (Å²) in [7, 11) is 0. The zero-order valence-corrected chi connectivity index (χ0v) is 9.50. The molecule has 1 unspecified atom stereocenters. The van der Waals surface area contributed by atoms with Crippen LogP contribution in [0.5, 0.6) is 0 Å². The van der Waals surface area contributed by atoms with E-state index in [0.717, 1.165) is 32.1 Å². The van der Waals surface area contributed by atoms with E-state index in [2.05, 4.69) is 6.92 Å². The van der Waals surface area contributed by atoms with E-state index in [4.69, 9.17) is 16.2 Å². The van der Waals surface area contributed by atoms with Crippen LogP contribution in [0, 0.1) is 5.92 Å². The van der Waals surface area contributed by atoms with E-state index in [1.165, 1.54) is 0 Å². The van der Waals surface area contributed by atoms with Gasteiger partial charge in [0, 0.05) is 6.61 Å². The Morgan fingerprint density at radius 2 is 2.13 bits per heavy atom. The van der Waals surface area contributed by atoms with Crippen LogP contribution in [0.1, 0.15) is 39.0 Å². The topological polar surface area (TPSA) is 78.3 Å². The molecule has 0 bridgehead atoms. The molecule has 0 radical (unpaired) electrons. The van der Waals surface area contributed by atoms with E-state index in [-0.39, 0.29) is 12.5 Å². The summed E-state index contributed by atoms with van der Waals surface area (Å²) in [5, 5.41) is 0. The van der Waals surface area contributed by atoms with Crippen molar-refractivity contribution in [2.24, 2.45) is 17.4 Å². The maximum absolute atomic E-state index is 11.2. The fourth-order valence-electron chi connectivity index (χ4n) is 1.68. The van der Waals surface area contributed by atoms with Gasteiger partial charge in [0.2, 0.25) is 5.91 Å². The van der Waals surface area contributed by atoms with Crippen molar-refractivity contribution in [2.75, 3.05) is 13.2 Å². The smallest absolute Gasteiger partial charge is 0.240 e. The zero-order valence-electron chi connectivity index (χ0n) is 9.50. The largest absolute Gasteiger partial charge is 0.379 e. The molecule has 0 saturated heterocycles. The van der Waals surface area contributed by atoms with Gasteiger partial charge in [-0.05, 0) is 25.2 Å². The molecule has 0 spiro atoms. The maximum atomic E-state index is 11.2. The van der Waals surface area contributed by atoms with Crippen LogP contribution >= 0.6 is 0 Å². The van der Waals surface area contributed by atoms with E-state index in [0.29, 0.717) is 6.61 Å². The lowest BCUT2D eigenvalue weighted by Crippen LogP contribution is -2.57. The molecule has 0 aromatic rings. The molecule has 1 rings (SSSR count). The normalized spacial score (nSPS) is 19.9. The molecule has 15 heavy (non-hydrogen) atoms. The van der Waals surface area contributed by atoms with Gasteiger partial charge in [-0.1, -0.05) is 19.8 Å². The fraction of sp³-hybridized carbons (Fsp3) is 0.909. The summed E-state index contributed by atoms with van der Waals surface area (Å²) in [6.07, 6.45) is 5.33. The highest BCUT2D eigenvalue weighted by Crippen LogP contribution is 2.38. The number of rotatable bonds is 8. The van der Waals surface area contributed by atoms with Gasteiger partial charge in [-0.2, -0.15) is 0 Å². The van der Waals surface area contributed by atoms with Crippen molar-refractivity contribution in [2.45, 2.75) is 44.6 Å². The molecule has 0 aromatic heterocycles. The van der Waals surface area contributed by atoms with Gasteiger partial charge in [0.1, 0.15) is 5.54 Å². The van der Waals surface area contributed by atoms with Crippen molar-refractivity contribution < 1.29 is 9.53 Å². The van der Waals surface area contributed by atoms with Crippen LogP contribution in [0.3, 0.4) is 0 Å². The molecule has 1 aliphatic carbocycles. The Morgan fingerprint density at radius 1 is 1.47 bits per heavy atom. The van der Waals surface area contributed by atoms with Crippen LogP contribution in [-0.2, 0) is 9.53 Å². The number of ether oxygens (including phenoxy) is 1. The first-order chi connectivity index (χ1) is 7.11. The van der Waals surface area contributed by atoms with E-state index < -0.39 is 11.4 Å². The summed E-state index contributed by atoms with van der Waals surface area (Å²) in [5.41, 5.74) is 10.3. The Bertz CT molecular complexity index is 217. The summed E-state index contributed by atoms with van der Waals surface area (Å²) in [6.45, 7) is 3.09. The van der Waals surface area contributed by atoms with Crippen molar-refractivity contribution in [3.8, 4) is 0 Å². The molecule has 4 N–H and O–H groups in total. The van der Waals surface area contributed by atoms with Crippen molar-refractivity contribution in [1.82, 2.24) is 0 Å². The Balaban J connectivity index is 2.23. The fourth-order valence-corrected chi connectivity index (χ4v) is 1.68. The Kier molecular flexibility index (Phi) is 4.54. The van der Waals surface area contributed by atoms with Crippen molar-refractivity contribution in [3.63, 3.8) is 0 Å². The number of carbonyl (C=O) groups excluding carboxylic acids is 1. The lowest BCUT2D eigenvalue weighted by Gasteiger charge is -2.25. The number of hydrogen-bond acceptors (Lipinski definition) is 3. The average Bonchev–Trinajstić information content (AvgIpc) is 3.00. The second kappa shape index (κ2) is 5.47. The van der Waals surface area contributed by atoms with E-state index >= 15 is 0 Å². The monoisotopic (exact) mass is 214 g/mol. The quantitative estimate of drug-likeness (QED) is 0.586. The lowest BCUT2D eigenvalue weighted by molar-refractivity contribution is -0.126. The molecule has 1 atom stereocenters. The van der Waals surface area contributed by atoms with Crippen LogP contribution < -0.4 is 11.5 Å². The summed E-state index contributed by atoms with van der Waals surface area (Å²) < 4.78 is 5.44. The highest BCUT2D eigenvalue weighted by molar-refractivity contribution is 5.85. The highest BCUT2D eigenvalue weighted by atomic mass is 16.5. The van der Waals surface area contributed by atoms with Crippen LogP contribution in [0.15, 0.2) is 0 Å². The first kappa shape index (κ1) is 12.5. The van der Waals surface area contributed by atoms with Crippen LogP contribution in [0.2, 0.25) is 0 Å². The number of primary amides is 1. The number of nitrogens with two attached hydrogens (primary N) is 2. The van der Waals surface area contributed by atoms with Gasteiger partial charge in [-0.3, -0.25) is 4.79 Å². The standard InChI is InChI=1S/C11H22N2O2/c1-2-3-4-7-15-8-11(13,10(12)14)9-5-6-9/h9H,2-8,13H2,1H3,(H2,12,14). The molecule has 4 heteroatoms. The molecule has 0 aliphatic heterocycles. The third-order valence-electron chi connectivity index (χ3n) is 3.00. The first-order valence-electron chi connectivity index (χ1n) is 5.77. The average molecular weight is 214 g/mol. The second-order valence-corrected chi connectivity index (χ2v) is 4.44. The molecule has 0 heterocycles. The molecule has 0 aromatic carbocycles. The Hall–Kier alpha value is -0.610. The minimum Gasteiger partial charge on any atom is -0.379 e. The number of unbranched alkanes of at least 4 members (excludes halogenated alkanes) is 2. The van der Waals surface area contributed by atoms with Crippen LogP contribution in [-0.4, -0.2) is 24.7 Å². The number of carbonyl (C=O) groups is 1. The molecule has 4 nitrogen and oxygen atoms in total. The summed E-state index contributed by atoms with van der Waals surface area (Å²) in [5.74, 6) is -0.193. The third-order valence-corrected chi connectivity index (χ3v) is 3.00. The molecular formula is C11H22N2O2. The number of amides is 1. The van der Waals surface area contributed by atoms with E-state index in [1.807, 2.05) is 0 Å². The Labute approximate surface area is 91.3 Å². The summed E-state index contributed by atoms with van der Waals surface area (Å²) >= 11 is 0. The van der Waals surface area contributed by atoms with Gasteiger partial charge >= 0.3 is 0 Å². The van der Waals surface area contributed by atoms with Crippen molar-refractivity contribution >= 4 is 5.91 Å². The molecule has 1 fully saturated rings. The molecule has 1 amide bonds. The van der Waals surface area contributed by atoms with Crippen molar-refractivity contribution in [1.29, 1.82) is 0 Å². The third kappa shape index (κ3) is 3.47. The lowest BCUT2D eigenvalue weighted by atomic mass is 9.95. The highest BCUT2D eigenvalue weighted by Gasteiger charge is 2.47. The van der Waals surface area contributed by atoms with E-state index in [9.17, 15) is 4.79 Å². The Morgan fingerprint density at radius 3 is 2.60 bits per heavy atom. The molecule has 1 aliphatic rings. The zero-order chi connectivity index (χ0) is 11.3. The van der Waals surface area contributed by atoms with Gasteiger partial charge in [0.05, 0.1) is 6.61 Å². The predicted molar refractivity (Wildman–Crippen MR) is 59.2 cm³/mol. The first-order valence-corrected chi connectivity index (χ1v) is 5.77. The van der Waals surface area contributed by atoms with Gasteiger partial charge < -0.3 is 16.2 Å². The minimum absolute atomic E-state index is 0.237. The van der Waals surface area contributed by atoms with Crippen molar-refractivity contribution in [3.05, 3.63) is 0 Å². The second-order valence-electron chi connectivity index (χ2n) is 4.44. The van der Waals surface area contributed by atoms with E-state index in [1.54, 1.807) is 0 Å². The number of hydrogen-bond donors (Lipinski definition) is 2. The van der Waals surface area contributed by atoms with Crippen LogP contribution in [0.4, 0.5) is 0 Å². The van der Waals surface area contributed by atoms with Gasteiger partial charge in [0.15, 0.2) is 0 Å². The predicted octanol–water partition coefficient (Wildman–Crippen LogP) is 0.786. The molecular weight excluding hydrogens is 192 g/mol. The van der Waals surface area contributed by atoms with Gasteiger partial charge in [-0.25, -0.2) is 0 Å². The SMILES string of the molecule is CCCCCOCC(N)(C(N)=O)C1CC1. The van der Waals surface area contributed by atoms with Crippen LogP contribution in [0.25, 0.3) is 0 Å².